The third-order valence-electron chi connectivity index (χ3n) is 4.26. The lowest BCUT2D eigenvalue weighted by molar-refractivity contribution is 0.0959. The number of fused-ring (bicyclic) bond motifs is 1. The third kappa shape index (κ3) is 2.92. The highest BCUT2D eigenvalue weighted by atomic mass is 16.5. The Balaban J connectivity index is 2.26. The maximum atomic E-state index is 13.2. The molecule has 0 radical (unpaired) electrons. The summed E-state index contributed by atoms with van der Waals surface area (Å²) in [5.74, 6) is 0.532. The lowest BCUT2D eigenvalue weighted by atomic mass is 10.1. The van der Waals surface area contributed by atoms with E-state index in [0.717, 1.165) is 4.57 Å². The van der Waals surface area contributed by atoms with Crippen LogP contribution < -0.4 is 19.9 Å². The average molecular weight is 371 g/mol. The van der Waals surface area contributed by atoms with Crippen LogP contribution in [0.3, 0.4) is 0 Å². The lowest BCUT2D eigenvalue weighted by Gasteiger charge is -2.13. The van der Waals surface area contributed by atoms with Gasteiger partial charge in [0.2, 0.25) is 5.75 Å². The van der Waals surface area contributed by atoms with Crippen molar-refractivity contribution < 1.29 is 19.0 Å². The van der Waals surface area contributed by atoms with Crippen molar-refractivity contribution in [2.24, 2.45) is 0 Å². The Labute approximate surface area is 155 Å². The first-order chi connectivity index (χ1) is 12.9. The van der Waals surface area contributed by atoms with Gasteiger partial charge in [0.15, 0.2) is 17.1 Å². The molecule has 0 atom stereocenters. The molecule has 0 saturated carbocycles. The number of pyridine rings is 1. The molecule has 0 amide bonds. The van der Waals surface area contributed by atoms with Gasteiger partial charge in [-0.1, -0.05) is 0 Å². The van der Waals surface area contributed by atoms with E-state index in [4.69, 9.17) is 14.2 Å². The first kappa shape index (κ1) is 18.5. The summed E-state index contributed by atoms with van der Waals surface area (Å²) in [4.78, 5) is 30.5. The van der Waals surface area contributed by atoms with Crippen LogP contribution in [-0.4, -0.2) is 41.4 Å². The van der Waals surface area contributed by atoms with Crippen LogP contribution in [0.1, 0.15) is 30.2 Å². The van der Waals surface area contributed by atoms with Gasteiger partial charge in [0.25, 0.3) is 5.91 Å². The monoisotopic (exact) mass is 371 g/mol. The van der Waals surface area contributed by atoms with Crippen LogP contribution in [0.2, 0.25) is 0 Å². The molecule has 27 heavy (non-hydrogen) atoms. The summed E-state index contributed by atoms with van der Waals surface area (Å²) in [5.41, 5.74) is 0.684. The lowest BCUT2D eigenvalue weighted by Crippen LogP contribution is -2.30. The molecule has 1 aromatic carbocycles. The van der Waals surface area contributed by atoms with Crippen LogP contribution in [0.15, 0.2) is 35.3 Å². The number of nitrogens with zero attached hydrogens (tertiary/aromatic N) is 3. The predicted molar refractivity (Wildman–Crippen MR) is 100 cm³/mol. The van der Waals surface area contributed by atoms with Gasteiger partial charge in [-0.2, -0.15) is 0 Å². The summed E-state index contributed by atoms with van der Waals surface area (Å²) in [6.45, 7) is 3.73. The zero-order valence-corrected chi connectivity index (χ0v) is 15.8. The standard InChI is InChI=1S/C19H21N3O5/c1-11(2)21-17-13(7-6-8-20-17)22(19(21)24)18(23)12-9-14(25-3)16(27-5)15(10-12)26-4/h6-11H,1-5H3. The minimum atomic E-state index is -0.503. The first-order valence-corrected chi connectivity index (χ1v) is 8.37. The molecule has 8 heteroatoms. The van der Waals surface area contributed by atoms with Crippen molar-refractivity contribution in [1.82, 2.24) is 14.1 Å². The molecule has 3 rings (SSSR count). The molecule has 0 bridgehead atoms. The van der Waals surface area contributed by atoms with Gasteiger partial charge in [-0.05, 0) is 38.1 Å². The summed E-state index contributed by atoms with van der Waals surface area (Å²) < 4.78 is 18.5. The second-order valence-electron chi connectivity index (χ2n) is 6.15. The van der Waals surface area contributed by atoms with Crippen LogP contribution in [0.5, 0.6) is 17.2 Å². The fourth-order valence-electron chi connectivity index (χ4n) is 3.05. The Kier molecular flexibility index (Phi) is 4.89. The normalized spacial score (nSPS) is 11.0. The second kappa shape index (κ2) is 7.14. The second-order valence-corrected chi connectivity index (χ2v) is 6.15. The van der Waals surface area contributed by atoms with Gasteiger partial charge in [0.1, 0.15) is 0 Å². The molecule has 0 N–H and O–H groups in total. The smallest absolute Gasteiger partial charge is 0.337 e. The molecule has 142 valence electrons. The van der Waals surface area contributed by atoms with Gasteiger partial charge < -0.3 is 14.2 Å². The maximum absolute atomic E-state index is 13.2. The molecule has 0 saturated heterocycles. The number of carbonyl (C=O) groups is 1. The molecule has 2 aromatic heterocycles. The van der Waals surface area contributed by atoms with Gasteiger partial charge in [0.05, 0.1) is 26.8 Å². The number of ether oxygens (including phenoxy) is 3. The van der Waals surface area contributed by atoms with Crippen LogP contribution in [-0.2, 0) is 0 Å². The molecule has 0 aliphatic carbocycles. The van der Waals surface area contributed by atoms with Crippen molar-refractivity contribution in [3.05, 3.63) is 46.5 Å². The van der Waals surface area contributed by atoms with Crippen LogP contribution >= 0.6 is 0 Å². The fourth-order valence-corrected chi connectivity index (χ4v) is 3.05. The highest BCUT2D eigenvalue weighted by molar-refractivity contribution is 6.01. The number of hydrogen-bond donors (Lipinski definition) is 0. The molecule has 0 aliphatic rings. The van der Waals surface area contributed by atoms with E-state index in [-0.39, 0.29) is 11.6 Å². The molecule has 3 aromatic rings. The summed E-state index contributed by atoms with van der Waals surface area (Å²) in [7, 11) is 4.41. The van der Waals surface area contributed by atoms with Gasteiger partial charge in [0, 0.05) is 17.8 Å². The number of hydrogen-bond acceptors (Lipinski definition) is 6. The Hall–Kier alpha value is -3.29. The van der Waals surface area contributed by atoms with Gasteiger partial charge in [-0.15, -0.1) is 0 Å². The number of benzene rings is 1. The fraction of sp³-hybridized carbons (Fsp3) is 0.316. The number of rotatable bonds is 5. The highest BCUT2D eigenvalue weighted by Crippen LogP contribution is 2.38. The van der Waals surface area contributed by atoms with Crippen LogP contribution in [0.25, 0.3) is 11.2 Å². The van der Waals surface area contributed by atoms with Crippen LogP contribution in [0.4, 0.5) is 0 Å². The molecule has 0 fully saturated rings. The van der Waals surface area contributed by atoms with Crippen LogP contribution in [0, 0.1) is 0 Å². The predicted octanol–water partition coefficient (Wildman–Crippen LogP) is 2.49. The van der Waals surface area contributed by atoms with E-state index in [2.05, 4.69) is 4.98 Å². The van der Waals surface area contributed by atoms with E-state index < -0.39 is 11.6 Å². The van der Waals surface area contributed by atoms with E-state index in [1.807, 2.05) is 13.8 Å². The molecular formula is C19H21N3O5. The molecule has 8 nitrogen and oxygen atoms in total. The zero-order valence-electron chi connectivity index (χ0n) is 15.8. The largest absolute Gasteiger partial charge is 0.493 e. The van der Waals surface area contributed by atoms with E-state index in [1.54, 1.807) is 18.3 Å². The van der Waals surface area contributed by atoms with E-state index in [9.17, 15) is 9.59 Å². The molecule has 2 heterocycles. The number of aromatic nitrogens is 3. The number of methoxy groups -OCH3 is 3. The van der Waals surface area contributed by atoms with Crippen molar-refractivity contribution in [3.8, 4) is 17.2 Å². The van der Waals surface area contributed by atoms with Crippen molar-refractivity contribution in [1.29, 1.82) is 0 Å². The SMILES string of the molecule is COc1cc(C(=O)n2c(=O)n(C(C)C)c3ncccc32)cc(OC)c1OC. The van der Waals surface area contributed by atoms with E-state index in [1.165, 1.54) is 38.0 Å². The Morgan fingerprint density at radius 3 is 2.22 bits per heavy atom. The summed E-state index contributed by atoms with van der Waals surface area (Å²) >= 11 is 0. The minimum absolute atomic E-state index is 0.149. The molecule has 0 unspecified atom stereocenters. The number of carbonyl (C=O) groups excluding carboxylic acids is 1. The maximum Gasteiger partial charge on any atom is 0.337 e. The first-order valence-electron chi connectivity index (χ1n) is 8.37. The Bertz CT molecular complexity index is 1040. The number of imidazole rings is 1. The van der Waals surface area contributed by atoms with Gasteiger partial charge >= 0.3 is 5.69 Å². The molecule has 0 spiro atoms. The van der Waals surface area contributed by atoms with Gasteiger partial charge in [-0.25, -0.2) is 14.3 Å². The summed E-state index contributed by atoms with van der Waals surface area (Å²) in [6.07, 6.45) is 1.59. The molecular weight excluding hydrogens is 350 g/mol. The van der Waals surface area contributed by atoms with Crippen molar-refractivity contribution in [2.45, 2.75) is 19.9 Å². The van der Waals surface area contributed by atoms with Gasteiger partial charge in [-0.3, -0.25) is 9.36 Å². The minimum Gasteiger partial charge on any atom is -0.493 e. The Morgan fingerprint density at radius 2 is 1.70 bits per heavy atom. The van der Waals surface area contributed by atoms with Crippen molar-refractivity contribution in [3.63, 3.8) is 0 Å². The Morgan fingerprint density at radius 1 is 1.07 bits per heavy atom. The zero-order chi connectivity index (χ0) is 19.7. The topological polar surface area (TPSA) is 84.6 Å². The summed E-state index contributed by atoms with van der Waals surface area (Å²) in [6, 6.07) is 6.27. The third-order valence-corrected chi connectivity index (χ3v) is 4.26. The van der Waals surface area contributed by atoms with E-state index >= 15 is 0 Å². The summed E-state index contributed by atoms with van der Waals surface area (Å²) in [5, 5.41) is 0. The van der Waals surface area contributed by atoms with Crippen molar-refractivity contribution >= 4 is 17.1 Å². The van der Waals surface area contributed by atoms with E-state index in [0.29, 0.717) is 28.4 Å². The quantitative estimate of drug-likeness (QED) is 0.685. The average Bonchev–Trinajstić information content (AvgIpc) is 2.97. The van der Waals surface area contributed by atoms with Crippen molar-refractivity contribution in [2.75, 3.05) is 21.3 Å². The highest BCUT2D eigenvalue weighted by Gasteiger charge is 2.24. The molecule has 0 aliphatic heterocycles.